The average molecular weight is 488 g/mol. The van der Waals surface area contributed by atoms with Crippen molar-refractivity contribution in [1.82, 2.24) is 15.6 Å². The van der Waals surface area contributed by atoms with Gasteiger partial charge in [0.2, 0.25) is 0 Å². The van der Waals surface area contributed by atoms with Crippen molar-refractivity contribution < 1.29 is 22.8 Å². The standard InChI is InChI=1S/C25H28F3N5O2/c1-16(2)14-18(24(35)33-21-7-5-4-6-20(21)29)9-8-17(3)30-12-13-31-23(34)19-10-11-22(32-15-19)25(26,27)28/h4-11,14-15,30H,12-13,29H2,1-3H3,(H,31,34)(H,33,35)/b17-8+,18-9+. The van der Waals surface area contributed by atoms with Crippen LogP contribution in [0.25, 0.3) is 0 Å². The van der Waals surface area contributed by atoms with Gasteiger partial charge in [0.15, 0.2) is 0 Å². The zero-order chi connectivity index (χ0) is 26.0. The minimum atomic E-state index is -4.56. The minimum absolute atomic E-state index is 0.0321. The fourth-order valence-corrected chi connectivity index (χ4v) is 2.81. The number of amides is 2. The molecule has 1 aromatic carbocycles. The quantitative estimate of drug-likeness (QED) is 0.181. The zero-order valence-corrected chi connectivity index (χ0v) is 19.7. The lowest BCUT2D eigenvalue weighted by atomic mass is 10.1. The molecule has 5 N–H and O–H groups in total. The van der Waals surface area contributed by atoms with Crippen LogP contribution in [-0.2, 0) is 11.0 Å². The van der Waals surface area contributed by atoms with Crippen LogP contribution in [-0.4, -0.2) is 29.9 Å². The van der Waals surface area contributed by atoms with E-state index < -0.39 is 17.8 Å². The highest BCUT2D eigenvalue weighted by molar-refractivity contribution is 6.07. The van der Waals surface area contributed by atoms with Crippen molar-refractivity contribution in [3.8, 4) is 0 Å². The first kappa shape index (κ1) is 27.2. The van der Waals surface area contributed by atoms with Crippen molar-refractivity contribution in [2.45, 2.75) is 26.9 Å². The highest BCUT2D eigenvalue weighted by Crippen LogP contribution is 2.27. The molecule has 0 spiro atoms. The van der Waals surface area contributed by atoms with Crippen LogP contribution < -0.4 is 21.7 Å². The van der Waals surface area contributed by atoms with Crippen LogP contribution in [0, 0.1) is 0 Å². The fourth-order valence-electron chi connectivity index (χ4n) is 2.81. The van der Waals surface area contributed by atoms with Crippen molar-refractivity contribution in [2.24, 2.45) is 0 Å². The van der Waals surface area contributed by atoms with E-state index in [-0.39, 0.29) is 18.0 Å². The Kier molecular flexibility index (Phi) is 9.63. The van der Waals surface area contributed by atoms with E-state index in [1.54, 1.807) is 49.4 Å². The van der Waals surface area contributed by atoms with E-state index in [0.717, 1.165) is 29.6 Å². The number of carbonyl (C=O) groups excluding carboxylic acids is 2. The van der Waals surface area contributed by atoms with E-state index in [1.807, 2.05) is 13.8 Å². The second-order valence-corrected chi connectivity index (χ2v) is 7.85. The maximum Gasteiger partial charge on any atom is 0.433 e. The van der Waals surface area contributed by atoms with Gasteiger partial charge in [0.1, 0.15) is 5.69 Å². The van der Waals surface area contributed by atoms with Crippen LogP contribution in [0.5, 0.6) is 0 Å². The Labute approximate surface area is 202 Å². The predicted octanol–water partition coefficient (Wildman–Crippen LogP) is 4.44. The first-order valence-corrected chi connectivity index (χ1v) is 10.7. The molecule has 0 saturated heterocycles. The molecule has 0 atom stereocenters. The molecule has 0 aliphatic carbocycles. The third-order valence-electron chi connectivity index (χ3n) is 4.56. The summed E-state index contributed by atoms with van der Waals surface area (Å²) in [5, 5.41) is 8.48. The van der Waals surface area contributed by atoms with Gasteiger partial charge in [0, 0.05) is 30.6 Å². The number of nitrogens with zero attached hydrogens (tertiary/aromatic N) is 1. The molecule has 0 fully saturated rings. The summed E-state index contributed by atoms with van der Waals surface area (Å²) in [6.45, 7) is 6.14. The Hall–Kier alpha value is -4.08. The number of aromatic nitrogens is 1. The molecule has 0 unspecified atom stereocenters. The summed E-state index contributed by atoms with van der Waals surface area (Å²) in [6, 6.07) is 8.80. The smallest absolute Gasteiger partial charge is 0.397 e. The Balaban J connectivity index is 1.92. The molecule has 2 amide bonds. The highest BCUT2D eigenvalue weighted by Gasteiger charge is 2.32. The van der Waals surface area contributed by atoms with Crippen molar-refractivity contribution in [1.29, 1.82) is 0 Å². The van der Waals surface area contributed by atoms with Crippen LogP contribution in [0.3, 0.4) is 0 Å². The van der Waals surface area contributed by atoms with Crippen molar-refractivity contribution in [2.75, 3.05) is 24.1 Å². The van der Waals surface area contributed by atoms with E-state index in [2.05, 4.69) is 20.9 Å². The number of pyridine rings is 1. The van der Waals surface area contributed by atoms with Crippen molar-refractivity contribution >= 4 is 23.2 Å². The fraction of sp³-hybridized carbons (Fsp3) is 0.240. The molecule has 0 aliphatic rings. The van der Waals surface area contributed by atoms with Crippen molar-refractivity contribution in [3.05, 3.63) is 88.9 Å². The normalized spacial score (nSPS) is 12.1. The number of para-hydroxylation sites is 2. The molecule has 2 rings (SSSR count). The first-order valence-electron chi connectivity index (χ1n) is 10.7. The van der Waals surface area contributed by atoms with E-state index in [1.165, 1.54) is 0 Å². The Bertz CT molecular complexity index is 1130. The summed E-state index contributed by atoms with van der Waals surface area (Å²) in [6.07, 6.45) is 1.47. The second-order valence-electron chi connectivity index (χ2n) is 7.85. The molecule has 0 bridgehead atoms. The largest absolute Gasteiger partial charge is 0.433 e. The van der Waals surface area contributed by atoms with Crippen LogP contribution in [0.1, 0.15) is 36.8 Å². The Morgan fingerprint density at radius 1 is 1.00 bits per heavy atom. The molecule has 10 heteroatoms. The number of benzene rings is 1. The zero-order valence-electron chi connectivity index (χ0n) is 19.7. The summed E-state index contributed by atoms with van der Waals surface area (Å²) < 4.78 is 37.7. The number of alkyl halides is 3. The molecule has 0 saturated carbocycles. The van der Waals surface area contributed by atoms with Crippen LogP contribution >= 0.6 is 0 Å². The highest BCUT2D eigenvalue weighted by atomic mass is 19.4. The minimum Gasteiger partial charge on any atom is -0.397 e. The van der Waals surface area contributed by atoms with Gasteiger partial charge in [-0.15, -0.1) is 0 Å². The molecule has 1 heterocycles. The van der Waals surface area contributed by atoms with Gasteiger partial charge in [0.25, 0.3) is 11.8 Å². The lowest BCUT2D eigenvalue weighted by Crippen LogP contribution is -2.31. The van der Waals surface area contributed by atoms with Gasteiger partial charge in [-0.3, -0.25) is 14.6 Å². The summed E-state index contributed by atoms with van der Waals surface area (Å²) in [7, 11) is 0. The second kappa shape index (κ2) is 12.4. The predicted molar refractivity (Wildman–Crippen MR) is 130 cm³/mol. The van der Waals surface area contributed by atoms with E-state index in [0.29, 0.717) is 23.5 Å². The topological polar surface area (TPSA) is 109 Å². The number of allylic oxidation sites excluding steroid dienone is 4. The van der Waals surface area contributed by atoms with Gasteiger partial charge in [-0.2, -0.15) is 13.2 Å². The van der Waals surface area contributed by atoms with Gasteiger partial charge >= 0.3 is 6.18 Å². The monoisotopic (exact) mass is 487 g/mol. The number of nitrogens with two attached hydrogens (primary N) is 1. The number of hydrogen-bond acceptors (Lipinski definition) is 5. The molecule has 186 valence electrons. The average Bonchev–Trinajstić information content (AvgIpc) is 2.80. The molecule has 7 nitrogen and oxygen atoms in total. The molecular formula is C25H28F3N5O2. The molecular weight excluding hydrogens is 459 g/mol. The lowest BCUT2D eigenvalue weighted by Gasteiger charge is -2.10. The summed E-state index contributed by atoms with van der Waals surface area (Å²) in [5.41, 5.74) is 7.95. The summed E-state index contributed by atoms with van der Waals surface area (Å²) in [5.74, 6) is -0.845. The number of nitrogens with one attached hydrogen (secondary N) is 3. The maximum absolute atomic E-state index is 12.7. The maximum atomic E-state index is 12.7. The molecule has 35 heavy (non-hydrogen) atoms. The first-order chi connectivity index (χ1) is 16.5. The van der Waals surface area contributed by atoms with Gasteiger partial charge in [0.05, 0.1) is 16.9 Å². The van der Waals surface area contributed by atoms with E-state index in [9.17, 15) is 22.8 Å². The number of anilines is 2. The van der Waals surface area contributed by atoms with Crippen LogP contribution in [0.2, 0.25) is 0 Å². The Morgan fingerprint density at radius 2 is 1.69 bits per heavy atom. The van der Waals surface area contributed by atoms with Gasteiger partial charge < -0.3 is 21.7 Å². The SMILES string of the molecule is CC(C)=C/C(=C\C=C(/C)NCCNC(=O)c1ccc(C(F)(F)F)nc1)C(=O)Nc1ccccc1N. The molecule has 0 radical (unpaired) electrons. The van der Waals surface area contributed by atoms with Crippen LogP contribution in [0.4, 0.5) is 24.5 Å². The van der Waals surface area contributed by atoms with Gasteiger partial charge in [-0.25, -0.2) is 0 Å². The third kappa shape index (κ3) is 9.00. The molecule has 0 aliphatic heterocycles. The summed E-state index contributed by atoms with van der Waals surface area (Å²) in [4.78, 5) is 28.1. The summed E-state index contributed by atoms with van der Waals surface area (Å²) >= 11 is 0. The van der Waals surface area contributed by atoms with Crippen LogP contribution in [0.15, 0.2) is 77.7 Å². The van der Waals surface area contributed by atoms with Gasteiger partial charge in [-0.05, 0) is 57.2 Å². The number of hydrogen-bond donors (Lipinski definition) is 4. The number of rotatable bonds is 9. The van der Waals surface area contributed by atoms with E-state index in [4.69, 9.17) is 5.73 Å². The Morgan fingerprint density at radius 3 is 2.29 bits per heavy atom. The van der Waals surface area contributed by atoms with Crippen molar-refractivity contribution in [3.63, 3.8) is 0 Å². The third-order valence-corrected chi connectivity index (χ3v) is 4.56. The number of halogens is 3. The lowest BCUT2D eigenvalue weighted by molar-refractivity contribution is -0.141. The van der Waals surface area contributed by atoms with Gasteiger partial charge in [-0.1, -0.05) is 23.8 Å². The molecule has 2 aromatic rings. The van der Waals surface area contributed by atoms with E-state index >= 15 is 0 Å². The number of nitrogen functional groups attached to an aromatic ring is 1. The molecule has 1 aromatic heterocycles. The number of carbonyl (C=O) groups is 2.